The van der Waals surface area contributed by atoms with E-state index in [9.17, 15) is 0 Å². The summed E-state index contributed by atoms with van der Waals surface area (Å²) in [7, 11) is 0. The summed E-state index contributed by atoms with van der Waals surface area (Å²) >= 11 is 0. The van der Waals surface area contributed by atoms with Crippen molar-refractivity contribution in [3.05, 3.63) is 41.7 Å². The van der Waals surface area contributed by atoms with Gasteiger partial charge in [-0.05, 0) is 37.1 Å². The summed E-state index contributed by atoms with van der Waals surface area (Å²) in [6.07, 6.45) is 4.36. The van der Waals surface area contributed by atoms with E-state index in [0.717, 1.165) is 25.2 Å². The smallest absolute Gasteiger partial charge is 0.234 e. The average molecular weight is 270 g/mol. The van der Waals surface area contributed by atoms with E-state index >= 15 is 0 Å². The summed E-state index contributed by atoms with van der Waals surface area (Å²) in [6.45, 7) is 4.46. The van der Waals surface area contributed by atoms with Gasteiger partial charge in [0.25, 0.3) is 0 Å². The van der Waals surface area contributed by atoms with Crippen molar-refractivity contribution in [2.24, 2.45) is 0 Å². The van der Waals surface area contributed by atoms with Crippen LogP contribution >= 0.6 is 0 Å². The SMILES string of the molecule is CCOc1cncc(Nc2cccc3c2CCNC3)n1. The molecule has 0 amide bonds. The molecule has 0 saturated carbocycles. The Hall–Kier alpha value is -2.14. The average Bonchev–Trinajstić information content (AvgIpc) is 2.48. The molecule has 0 radical (unpaired) electrons. The molecular weight excluding hydrogens is 252 g/mol. The second kappa shape index (κ2) is 5.88. The van der Waals surface area contributed by atoms with Gasteiger partial charge in [0.2, 0.25) is 5.88 Å². The first-order chi connectivity index (χ1) is 9.86. The Morgan fingerprint density at radius 3 is 3.20 bits per heavy atom. The number of aromatic nitrogens is 2. The molecule has 0 bridgehead atoms. The summed E-state index contributed by atoms with van der Waals surface area (Å²) in [5, 5.41) is 6.73. The zero-order valence-corrected chi connectivity index (χ0v) is 11.5. The highest BCUT2D eigenvalue weighted by atomic mass is 16.5. The van der Waals surface area contributed by atoms with Gasteiger partial charge in [0, 0.05) is 12.2 Å². The Morgan fingerprint density at radius 1 is 1.35 bits per heavy atom. The number of rotatable bonds is 4. The van der Waals surface area contributed by atoms with Crippen LogP contribution in [-0.2, 0) is 13.0 Å². The van der Waals surface area contributed by atoms with E-state index in [1.807, 2.05) is 6.92 Å². The number of hydrogen-bond donors (Lipinski definition) is 2. The first kappa shape index (κ1) is 12.9. The van der Waals surface area contributed by atoms with Crippen molar-refractivity contribution < 1.29 is 4.74 Å². The third kappa shape index (κ3) is 2.72. The normalized spacial score (nSPS) is 13.7. The molecular formula is C15H18N4O. The molecule has 2 heterocycles. The van der Waals surface area contributed by atoms with E-state index in [1.165, 1.54) is 11.1 Å². The number of benzene rings is 1. The van der Waals surface area contributed by atoms with E-state index in [0.29, 0.717) is 18.3 Å². The van der Waals surface area contributed by atoms with Crippen molar-refractivity contribution in [2.45, 2.75) is 19.9 Å². The van der Waals surface area contributed by atoms with Crippen LogP contribution in [0.1, 0.15) is 18.1 Å². The quantitative estimate of drug-likeness (QED) is 0.892. The zero-order chi connectivity index (χ0) is 13.8. The van der Waals surface area contributed by atoms with Crippen molar-refractivity contribution in [1.29, 1.82) is 0 Å². The number of fused-ring (bicyclic) bond motifs is 1. The molecule has 3 rings (SSSR count). The molecule has 1 aromatic heterocycles. The minimum absolute atomic E-state index is 0.545. The second-order valence-electron chi connectivity index (χ2n) is 4.67. The van der Waals surface area contributed by atoms with Crippen LogP contribution in [0.4, 0.5) is 11.5 Å². The fourth-order valence-electron chi connectivity index (χ4n) is 2.41. The van der Waals surface area contributed by atoms with Crippen LogP contribution in [0.3, 0.4) is 0 Å². The first-order valence-corrected chi connectivity index (χ1v) is 6.90. The van der Waals surface area contributed by atoms with Crippen LogP contribution < -0.4 is 15.4 Å². The van der Waals surface area contributed by atoms with Crippen LogP contribution in [0.5, 0.6) is 5.88 Å². The molecule has 0 fully saturated rings. The molecule has 104 valence electrons. The molecule has 0 unspecified atom stereocenters. The Balaban J connectivity index is 1.86. The van der Waals surface area contributed by atoms with Crippen molar-refractivity contribution in [2.75, 3.05) is 18.5 Å². The molecule has 1 aliphatic rings. The van der Waals surface area contributed by atoms with Crippen molar-refractivity contribution in [3.63, 3.8) is 0 Å². The molecule has 20 heavy (non-hydrogen) atoms. The minimum Gasteiger partial charge on any atom is -0.477 e. The lowest BCUT2D eigenvalue weighted by molar-refractivity contribution is 0.326. The maximum atomic E-state index is 5.37. The molecule has 0 saturated heterocycles. The van der Waals surface area contributed by atoms with E-state index < -0.39 is 0 Å². The fraction of sp³-hybridized carbons (Fsp3) is 0.333. The molecule has 0 aliphatic carbocycles. The molecule has 0 atom stereocenters. The Labute approximate surface area is 118 Å². The van der Waals surface area contributed by atoms with Gasteiger partial charge in [-0.3, -0.25) is 4.98 Å². The first-order valence-electron chi connectivity index (χ1n) is 6.90. The maximum absolute atomic E-state index is 5.37. The van der Waals surface area contributed by atoms with Crippen LogP contribution in [0.25, 0.3) is 0 Å². The summed E-state index contributed by atoms with van der Waals surface area (Å²) in [5.41, 5.74) is 3.80. The molecule has 1 aromatic carbocycles. The Kier molecular flexibility index (Phi) is 3.78. The highest BCUT2D eigenvalue weighted by Gasteiger charge is 2.12. The fourth-order valence-corrected chi connectivity index (χ4v) is 2.41. The Bertz CT molecular complexity index is 600. The maximum Gasteiger partial charge on any atom is 0.234 e. The summed E-state index contributed by atoms with van der Waals surface area (Å²) in [5.74, 6) is 1.26. The lowest BCUT2D eigenvalue weighted by Gasteiger charge is -2.20. The van der Waals surface area contributed by atoms with Crippen LogP contribution in [0.15, 0.2) is 30.6 Å². The van der Waals surface area contributed by atoms with E-state index in [4.69, 9.17) is 4.74 Å². The predicted molar refractivity (Wildman–Crippen MR) is 78.3 cm³/mol. The number of nitrogens with zero attached hydrogens (tertiary/aromatic N) is 2. The largest absolute Gasteiger partial charge is 0.477 e. The lowest BCUT2D eigenvalue weighted by Crippen LogP contribution is -2.24. The zero-order valence-electron chi connectivity index (χ0n) is 11.5. The number of ether oxygens (including phenoxy) is 1. The topological polar surface area (TPSA) is 59.1 Å². The minimum atomic E-state index is 0.545. The van der Waals surface area contributed by atoms with Crippen molar-refractivity contribution >= 4 is 11.5 Å². The van der Waals surface area contributed by atoms with Crippen LogP contribution in [0.2, 0.25) is 0 Å². The van der Waals surface area contributed by atoms with E-state index in [1.54, 1.807) is 12.4 Å². The van der Waals surface area contributed by atoms with Gasteiger partial charge in [-0.15, -0.1) is 0 Å². The van der Waals surface area contributed by atoms with Gasteiger partial charge in [0.05, 0.1) is 19.0 Å². The standard InChI is InChI=1S/C15H18N4O/c1-2-20-15-10-17-9-14(19-15)18-13-5-3-4-11-8-16-7-6-12(11)13/h3-5,9-10,16H,2,6-8H2,1H3,(H,18,19). The van der Waals surface area contributed by atoms with Gasteiger partial charge in [-0.1, -0.05) is 12.1 Å². The summed E-state index contributed by atoms with van der Waals surface area (Å²) in [4.78, 5) is 8.54. The molecule has 2 aromatic rings. The van der Waals surface area contributed by atoms with Gasteiger partial charge in [-0.25, -0.2) is 0 Å². The third-order valence-electron chi connectivity index (χ3n) is 3.31. The number of hydrogen-bond acceptors (Lipinski definition) is 5. The van der Waals surface area contributed by atoms with Crippen molar-refractivity contribution in [1.82, 2.24) is 15.3 Å². The third-order valence-corrected chi connectivity index (χ3v) is 3.31. The molecule has 2 N–H and O–H groups in total. The van der Waals surface area contributed by atoms with Gasteiger partial charge < -0.3 is 15.4 Å². The molecule has 0 spiro atoms. The highest BCUT2D eigenvalue weighted by Crippen LogP contribution is 2.25. The van der Waals surface area contributed by atoms with Gasteiger partial charge in [0.1, 0.15) is 0 Å². The van der Waals surface area contributed by atoms with Gasteiger partial charge in [0.15, 0.2) is 5.82 Å². The van der Waals surface area contributed by atoms with Crippen molar-refractivity contribution in [3.8, 4) is 5.88 Å². The highest BCUT2D eigenvalue weighted by molar-refractivity contribution is 5.62. The summed E-state index contributed by atoms with van der Waals surface area (Å²) < 4.78 is 5.37. The van der Waals surface area contributed by atoms with Gasteiger partial charge >= 0.3 is 0 Å². The lowest BCUT2D eigenvalue weighted by atomic mass is 9.99. The van der Waals surface area contributed by atoms with Crippen LogP contribution in [-0.4, -0.2) is 23.1 Å². The molecule has 5 heteroatoms. The molecule has 1 aliphatic heterocycles. The monoisotopic (exact) mass is 270 g/mol. The number of nitrogens with one attached hydrogen (secondary N) is 2. The van der Waals surface area contributed by atoms with Crippen LogP contribution in [0, 0.1) is 0 Å². The Morgan fingerprint density at radius 2 is 2.30 bits per heavy atom. The predicted octanol–water partition coefficient (Wildman–Crippen LogP) is 2.26. The van der Waals surface area contributed by atoms with E-state index in [-0.39, 0.29) is 0 Å². The van der Waals surface area contributed by atoms with Gasteiger partial charge in [-0.2, -0.15) is 4.98 Å². The molecule has 5 nitrogen and oxygen atoms in total. The number of anilines is 2. The summed E-state index contributed by atoms with van der Waals surface area (Å²) in [6, 6.07) is 6.31. The second-order valence-corrected chi connectivity index (χ2v) is 4.67. The van der Waals surface area contributed by atoms with E-state index in [2.05, 4.69) is 38.8 Å².